The molecule has 0 radical (unpaired) electrons. The molecule has 2 nitrogen and oxygen atoms in total. The minimum absolute atomic E-state index is 0.0306. The largest absolute Gasteiger partial charge is 0.311 e. The van der Waals surface area contributed by atoms with Gasteiger partial charge in [-0.15, -0.1) is 0 Å². The van der Waals surface area contributed by atoms with Crippen LogP contribution in [0.4, 0.5) is 28.4 Å². The molecule has 330 valence electrons. The van der Waals surface area contributed by atoms with Gasteiger partial charge in [0.15, 0.2) is 0 Å². The highest BCUT2D eigenvalue weighted by molar-refractivity contribution is 5.82. The van der Waals surface area contributed by atoms with Crippen LogP contribution in [0.5, 0.6) is 0 Å². The molecule has 0 amide bonds. The molecule has 1 aliphatic carbocycles. The summed E-state index contributed by atoms with van der Waals surface area (Å²) in [6.45, 7) is 2.32. The molecule has 69 heavy (non-hydrogen) atoms. The highest BCUT2D eigenvalue weighted by atomic mass is 15.1. The first-order valence-electron chi connectivity index (χ1n) is 23.9. The van der Waals surface area contributed by atoms with Crippen molar-refractivity contribution in [3.05, 3.63) is 296 Å². The molecule has 0 bridgehead atoms. The van der Waals surface area contributed by atoms with Crippen LogP contribution in [-0.2, 0) is 5.41 Å². The smallest absolute Gasteiger partial charge is 0.0462 e. The second-order valence-electron chi connectivity index (χ2n) is 18.0. The average Bonchev–Trinajstić information content (AvgIpc) is 3.43. The monoisotopic (exact) mass is 884 g/mol. The molecule has 0 saturated heterocycles. The van der Waals surface area contributed by atoms with Gasteiger partial charge in [-0.2, -0.15) is 0 Å². The maximum absolute atomic E-state index is 2.38. The van der Waals surface area contributed by atoms with E-state index in [0.717, 1.165) is 34.9 Å². The van der Waals surface area contributed by atoms with Gasteiger partial charge < -0.3 is 9.80 Å². The minimum Gasteiger partial charge on any atom is -0.311 e. The Balaban J connectivity index is 0.780. The molecule has 0 fully saturated rings. The first kappa shape index (κ1) is 42.9. The molecule has 0 aromatic heterocycles. The predicted octanol–water partition coefficient (Wildman–Crippen LogP) is 18.4. The fourth-order valence-electron chi connectivity index (χ4n) is 9.60. The van der Waals surface area contributed by atoms with Gasteiger partial charge in [0.2, 0.25) is 0 Å². The van der Waals surface area contributed by atoms with Crippen LogP contribution in [0.25, 0.3) is 55.6 Å². The van der Waals surface area contributed by atoms with Gasteiger partial charge in [0.1, 0.15) is 0 Å². The quantitative estimate of drug-likeness (QED) is 0.121. The summed E-state index contributed by atoms with van der Waals surface area (Å²) in [6.07, 6.45) is 7.96. The lowest BCUT2D eigenvalue weighted by Crippen LogP contribution is -2.24. The molecule has 11 rings (SSSR count). The van der Waals surface area contributed by atoms with E-state index in [-0.39, 0.29) is 5.41 Å². The first-order valence-corrected chi connectivity index (χ1v) is 23.9. The summed E-state index contributed by atoms with van der Waals surface area (Å²) in [6, 6.07) is 96.1. The van der Waals surface area contributed by atoms with E-state index in [9.17, 15) is 0 Å². The van der Waals surface area contributed by atoms with Crippen molar-refractivity contribution in [2.75, 3.05) is 9.80 Å². The molecule has 2 heteroatoms. The van der Waals surface area contributed by atoms with Crippen molar-refractivity contribution >= 4 is 28.4 Å². The van der Waals surface area contributed by atoms with Crippen molar-refractivity contribution in [1.82, 2.24) is 0 Å². The third kappa shape index (κ3) is 9.22. The SMILES string of the molecule is CC1(c2ccccc2)C=CC(N(c2ccccc2)c2ccc(-c3ccc(-c4cccc(-c5ccc(-c6ccc(N(c7ccccc7)c7ccc(-c8ccccc8)cc7)cc6)cc5)c4)cc3)cc2)=CC1. The lowest BCUT2D eigenvalue weighted by molar-refractivity contribution is 0.595. The summed E-state index contributed by atoms with van der Waals surface area (Å²) in [5, 5.41) is 0. The Kier molecular flexibility index (Phi) is 12.0. The van der Waals surface area contributed by atoms with E-state index in [1.54, 1.807) is 0 Å². The van der Waals surface area contributed by atoms with Crippen molar-refractivity contribution in [2.45, 2.75) is 18.8 Å². The first-order chi connectivity index (χ1) is 34.0. The van der Waals surface area contributed by atoms with Crippen molar-refractivity contribution in [1.29, 1.82) is 0 Å². The number of nitrogens with zero attached hydrogens (tertiary/aromatic N) is 2. The van der Waals surface area contributed by atoms with E-state index in [1.807, 2.05) is 0 Å². The van der Waals surface area contributed by atoms with Crippen molar-refractivity contribution in [2.24, 2.45) is 0 Å². The van der Waals surface area contributed by atoms with Crippen LogP contribution in [0.2, 0.25) is 0 Å². The maximum atomic E-state index is 2.38. The van der Waals surface area contributed by atoms with Crippen molar-refractivity contribution in [3.8, 4) is 55.6 Å². The lowest BCUT2D eigenvalue weighted by Gasteiger charge is -2.33. The Morgan fingerprint density at radius 3 is 1.00 bits per heavy atom. The van der Waals surface area contributed by atoms with Crippen LogP contribution in [0.15, 0.2) is 291 Å². The number of para-hydroxylation sites is 2. The Bertz CT molecular complexity index is 3340. The standard InChI is InChI=1S/C67H52N2/c1-67(60-19-8-3-9-20-60)47-45-66(46-48-67)69(62-23-12-5-13-24-62)65-43-37-55(38-44-65)52-27-31-57(32-28-52)59-18-14-17-58(49-59)56-29-25-51(26-30-56)54-35-41-64(42-36-54)68(61-21-10-4-11-22-61)63-39-33-53(34-40-63)50-15-6-2-7-16-50/h2-47,49H,48H2,1H3. The van der Waals surface area contributed by atoms with E-state index in [2.05, 4.69) is 302 Å². The average molecular weight is 885 g/mol. The number of rotatable bonds is 12. The van der Waals surface area contributed by atoms with Gasteiger partial charge in [0, 0.05) is 39.5 Å². The summed E-state index contributed by atoms with van der Waals surface area (Å²) in [5.41, 5.74) is 20.1. The topological polar surface area (TPSA) is 6.48 Å². The molecule has 0 N–H and O–H groups in total. The predicted molar refractivity (Wildman–Crippen MR) is 293 cm³/mol. The fraction of sp³-hybridized carbons (Fsp3) is 0.0448. The summed E-state index contributed by atoms with van der Waals surface area (Å²) in [5.74, 6) is 0. The van der Waals surface area contributed by atoms with Gasteiger partial charge >= 0.3 is 0 Å². The number of anilines is 5. The zero-order valence-corrected chi connectivity index (χ0v) is 38.7. The van der Waals surface area contributed by atoms with Crippen LogP contribution >= 0.6 is 0 Å². The van der Waals surface area contributed by atoms with Crippen molar-refractivity contribution < 1.29 is 0 Å². The third-order valence-electron chi connectivity index (χ3n) is 13.5. The number of benzene rings is 10. The molecule has 0 saturated carbocycles. The van der Waals surface area contributed by atoms with Gasteiger partial charge in [-0.25, -0.2) is 0 Å². The molecule has 0 heterocycles. The molecular formula is C67H52N2. The lowest BCUT2D eigenvalue weighted by atomic mass is 9.77. The Hall–Kier alpha value is -8.72. The molecule has 10 aromatic carbocycles. The highest BCUT2D eigenvalue weighted by Crippen LogP contribution is 2.40. The minimum atomic E-state index is -0.0306. The molecule has 1 aliphatic rings. The highest BCUT2D eigenvalue weighted by Gasteiger charge is 2.27. The molecular weight excluding hydrogens is 833 g/mol. The van der Waals surface area contributed by atoms with E-state index in [4.69, 9.17) is 0 Å². The summed E-state index contributed by atoms with van der Waals surface area (Å²) in [4.78, 5) is 4.67. The number of allylic oxidation sites excluding steroid dienone is 3. The van der Waals surface area contributed by atoms with E-state index in [0.29, 0.717) is 0 Å². The molecule has 0 spiro atoms. The van der Waals surface area contributed by atoms with Crippen molar-refractivity contribution in [3.63, 3.8) is 0 Å². The molecule has 10 aromatic rings. The van der Waals surface area contributed by atoms with E-state index >= 15 is 0 Å². The van der Waals surface area contributed by atoms with Crippen LogP contribution in [0.3, 0.4) is 0 Å². The van der Waals surface area contributed by atoms with Crippen LogP contribution in [0.1, 0.15) is 18.9 Å². The van der Waals surface area contributed by atoms with Gasteiger partial charge in [-0.3, -0.25) is 0 Å². The van der Waals surface area contributed by atoms with Gasteiger partial charge in [-0.05, 0) is 140 Å². The summed E-state index contributed by atoms with van der Waals surface area (Å²) in [7, 11) is 0. The molecule has 0 aliphatic heterocycles. The van der Waals surface area contributed by atoms with Gasteiger partial charge in [-0.1, -0.05) is 219 Å². The normalized spacial score (nSPS) is 14.2. The maximum Gasteiger partial charge on any atom is 0.0462 e. The summed E-state index contributed by atoms with van der Waals surface area (Å²) >= 11 is 0. The second-order valence-corrected chi connectivity index (χ2v) is 18.0. The van der Waals surface area contributed by atoms with E-state index < -0.39 is 0 Å². The van der Waals surface area contributed by atoms with Gasteiger partial charge in [0.25, 0.3) is 0 Å². The van der Waals surface area contributed by atoms with Crippen LogP contribution < -0.4 is 9.80 Å². The fourth-order valence-corrected chi connectivity index (χ4v) is 9.60. The number of hydrogen-bond donors (Lipinski definition) is 0. The third-order valence-corrected chi connectivity index (χ3v) is 13.5. The number of hydrogen-bond acceptors (Lipinski definition) is 2. The Morgan fingerprint density at radius 1 is 0.290 bits per heavy atom. The zero-order valence-electron chi connectivity index (χ0n) is 38.7. The molecule has 1 unspecified atom stereocenters. The van der Waals surface area contributed by atoms with E-state index in [1.165, 1.54) is 66.9 Å². The summed E-state index contributed by atoms with van der Waals surface area (Å²) < 4.78 is 0. The Labute approximate surface area is 407 Å². The molecule has 1 atom stereocenters. The second kappa shape index (κ2) is 19.2. The Morgan fingerprint density at radius 2 is 0.594 bits per heavy atom. The zero-order chi connectivity index (χ0) is 46.4. The van der Waals surface area contributed by atoms with Gasteiger partial charge in [0.05, 0.1) is 0 Å². The van der Waals surface area contributed by atoms with Crippen LogP contribution in [0, 0.1) is 0 Å². The van der Waals surface area contributed by atoms with Crippen LogP contribution in [-0.4, -0.2) is 0 Å².